The van der Waals surface area contributed by atoms with Crippen molar-refractivity contribution in [3.63, 3.8) is 0 Å². The Hall–Kier alpha value is -0.830. The number of allylic oxidation sites excluding steroid dienone is 2. The topological polar surface area (TPSA) is 29.5 Å². The molecule has 1 saturated carbocycles. The first kappa shape index (κ1) is 16.6. The zero-order valence-corrected chi connectivity index (χ0v) is 15.5. The van der Waals surface area contributed by atoms with Crippen LogP contribution in [-0.2, 0) is 9.53 Å². The number of likely N-dealkylation sites (tertiary alicyclic amines) is 1. The lowest BCUT2D eigenvalue weighted by Crippen LogP contribution is -2.41. The molecular weight excluding hydrogens is 298 g/mol. The van der Waals surface area contributed by atoms with Gasteiger partial charge < -0.3 is 9.64 Å². The van der Waals surface area contributed by atoms with Gasteiger partial charge in [-0.3, -0.25) is 4.79 Å². The molecule has 0 aromatic carbocycles. The molecule has 0 N–H and O–H groups in total. The summed E-state index contributed by atoms with van der Waals surface area (Å²) in [5.74, 6) is 0.631. The van der Waals surface area contributed by atoms with E-state index in [1.807, 2.05) is 0 Å². The van der Waals surface area contributed by atoms with Gasteiger partial charge in [-0.1, -0.05) is 30.9 Å². The lowest BCUT2D eigenvalue weighted by Gasteiger charge is -2.46. The molecule has 0 amide bonds. The van der Waals surface area contributed by atoms with Crippen molar-refractivity contribution >= 4 is 5.97 Å². The molecule has 0 aromatic heterocycles. The Bertz CT molecular complexity index is 532. The maximum atomic E-state index is 12.6. The van der Waals surface area contributed by atoms with Crippen LogP contribution in [-0.4, -0.2) is 36.6 Å². The Morgan fingerprint density at radius 3 is 2.67 bits per heavy atom. The summed E-state index contributed by atoms with van der Waals surface area (Å²) in [5, 5.41) is 0. The van der Waals surface area contributed by atoms with Crippen LogP contribution >= 0.6 is 0 Å². The molecule has 4 unspecified atom stereocenters. The van der Waals surface area contributed by atoms with E-state index in [0.717, 1.165) is 19.4 Å². The van der Waals surface area contributed by atoms with Crippen molar-refractivity contribution in [2.75, 3.05) is 19.6 Å². The summed E-state index contributed by atoms with van der Waals surface area (Å²) in [7, 11) is 0. The highest BCUT2D eigenvalue weighted by Crippen LogP contribution is 2.55. The molecule has 3 heteroatoms. The molecule has 3 fully saturated rings. The lowest BCUT2D eigenvalue weighted by molar-refractivity contribution is -0.145. The molecule has 0 radical (unpaired) electrons. The molecular formula is C21H33NO2. The monoisotopic (exact) mass is 331 g/mol. The van der Waals surface area contributed by atoms with E-state index in [-0.39, 0.29) is 18.0 Å². The van der Waals surface area contributed by atoms with Crippen LogP contribution in [0.15, 0.2) is 11.1 Å². The van der Waals surface area contributed by atoms with Crippen LogP contribution in [0.25, 0.3) is 0 Å². The standard InChI is InChI=1S/C21H33NO2/c1-15-8-7-9-21(2)13-19-16(12-18(15)21)17(20(23)24-19)14-22-10-5-3-4-6-11-22/h16-17,19H,3-14H2,1-2H3. The van der Waals surface area contributed by atoms with E-state index >= 15 is 0 Å². The summed E-state index contributed by atoms with van der Waals surface area (Å²) in [6, 6.07) is 0. The van der Waals surface area contributed by atoms with Gasteiger partial charge in [0, 0.05) is 12.5 Å². The Labute approximate surface area is 146 Å². The van der Waals surface area contributed by atoms with Gasteiger partial charge >= 0.3 is 5.97 Å². The molecule has 2 heterocycles. The predicted molar refractivity (Wildman–Crippen MR) is 95.7 cm³/mol. The molecule has 2 saturated heterocycles. The van der Waals surface area contributed by atoms with Crippen LogP contribution in [0.5, 0.6) is 0 Å². The second kappa shape index (κ2) is 6.48. The Morgan fingerprint density at radius 1 is 1.17 bits per heavy atom. The predicted octanol–water partition coefficient (Wildman–Crippen LogP) is 4.32. The highest BCUT2D eigenvalue weighted by atomic mass is 16.6. The number of hydrogen-bond donors (Lipinski definition) is 0. The minimum atomic E-state index is 0.0924. The van der Waals surface area contributed by atoms with Crippen LogP contribution in [0.3, 0.4) is 0 Å². The van der Waals surface area contributed by atoms with Crippen molar-refractivity contribution in [1.29, 1.82) is 0 Å². The highest BCUT2D eigenvalue weighted by Gasteiger charge is 2.53. The summed E-state index contributed by atoms with van der Waals surface area (Å²) in [6.07, 6.45) is 11.5. The van der Waals surface area contributed by atoms with E-state index in [1.54, 1.807) is 11.1 Å². The van der Waals surface area contributed by atoms with Crippen LogP contribution in [0.4, 0.5) is 0 Å². The molecule has 4 atom stereocenters. The zero-order valence-electron chi connectivity index (χ0n) is 15.5. The Balaban J connectivity index is 1.52. The van der Waals surface area contributed by atoms with Crippen LogP contribution < -0.4 is 0 Å². The normalized spacial score (nSPS) is 40.8. The Morgan fingerprint density at radius 2 is 1.92 bits per heavy atom. The molecule has 0 bridgehead atoms. The number of fused-ring (bicyclic) bond motifs is 2. The lowest BCUT2D eigenvalue weighted by atomic mass is 9.59. The third kappa shape index (κ3) is 2.94. The van der Waals surface area contributed by atoms with Crippen LogP contribution in [0, 0.1) is 17.3 Å². The first-order valence-electron chi connectivity index (χ1n) is 10.2. The number of nitrogens with zero attached hydrogens (tertiary/aromatic N) is 1. The minimum Gasteiger partial charge on any atom is -0.462 e. The molecule has 24 heavy (non-hydrogen) atoms. The van der Waals surface area contributed by atoms with Gasteiger partial charge in [0.1, 0.15) is 6.10 Å². The summed E-state index contributed by atoms with van der Waals surface area (Å²) >= 11 is 0. The number of hydrogen-bond acceptors (Lipinski definition) is 3. The van der Waals surface area contributed by atoms with Gasteiger partial charge in [-0.05, 0) is 70.4 Å². The second-order valence-electron chi connectivity index (χ2n) is 9.04. The maximum Gasteiger partial charge on any atom is 0.310 e. The summed E-state index contributed by atoms with van der Waals surface area (Å²) in [6.45, 7) is 8.01. The average Bonchev–Trinajstić information content (AvgIpc) is 2.72. The molecule has 134 valence electrons. The quantitative estimate of drug-likeness (QED) is 0.557. The molecule has 3 nitrogen and oxygen atoms in total. The third-order valence-corrected chi connectivity index (χ3v) is 7.33. The second-order valence-corrected chi connectivity index (χ2v) is 9.04. The van der Waals surface area contributed by atoms with Crippen molar-refractivity contribution in [2.45, 2.75) is 77.7 Å². The number of carbonyl (C=O) groups excluding carboxylic acids is 1. The van der Waals surface area contributed by atoms with Gasteiger partial charge in [0.2, 0.25) is 0 Å². The molecule has 2 aliphatic carbocycles. The SMILES string of the molecule is CC1=C2CC3C(CC2(C)CCC1)OC(=O)C3CN1CCCCCC1. The van der Waals surface area contributed by atoms with Crippen LogP contribution in [0.1, 0.15) is 71.6 Å². The fourth-order valence-corrected chi connectivity index (χ4v) is 5.92. The number of ether oxygens (including phenoxy) is 1. The van der Waals surface area contributed by atoms with E-state index in [9.17, 15) is 4.79 Å². The zero-order chi connectivity index (χ0) is 16.7. The van der Waals surface area contributed by atoms with Gasteiger partial charge in [-0.25, -0.2) is 0 Å². The first-order chi connectivity index (χ1) is 11.6. The highest BCUT2D eigenvalue weighted by molar-refractivity contribution is 5.76. The molecule has 0 spiro atoms. The first-order valence-corrected chi connectivity index (χ1v) is 10.2. The van der Waals surface area contributed by atoms with Crippen molar-refractivity contribution in [3.8, 4) is 0 Å². The van der Waals surface area contributed by atoms with Gasteiger partial charge in [0.25, 0.3) is 0 Å². The number of rotatable bonds is 2. The van der Waals surface area contributed by atoms with Gasteiger partial charge in [0.05, 0.1) is 5.92 Å². The fourth-order valence-electron chi connectivity index (χ4n) is 5.92. The van der Waals surface area contributed by atoms with E-state index < -0.39 is 0 Å². The van der Waals surface area contributed by atoms with Crippen molar-refractivity contribution in [3.05, 3.63) is 11.1 Å². The summed E-state index contributed by atoms with van der Waals surface area (Å²) in [5.41, 5.74) is 3.57. The van der Waals surface area contributed by atoms with Gasteiger partial charge in [-0.15, -0.1) is 0 Å². The number of esters is 1. The minimum absolute atomic E-state index is 0.0924. The van der Waals surface area contributed by atoms with Gasteiger partial charge in [0.15, 0.2) is 0 Å². The summed E-state index contributed by atoms with van der Waals surface area (Å²) < 4.78 is 5.91. The number of carbonyl (C=O) groups is 1. The average molecular weight is 332 g/mol. The molecule has 0 aromatic rings. The largest absolute Gasteiger partial charge is 0.462 e. The Kier molecular flexibility index (Phi) is 4.49. The summed E-state index contributed by atoms with van der Waals surface area (Å²) in [4.78, 5) is 15.2. The molecule has 2 aliphatic heterocycles. The smallest absolute Gasteiger partial charge is 0.310 e. The van der Waals surface area contributed by atoms with Crippen molar-refractivity contribution in [2.24, 2.45) is 17.3 Å². The van der Waals surface area contributed by atoms with E-state index in [1.165, 1.54) is 58.0 Å². The van der Waals surface area contributed by atoms with Crippen molar-refractivity contribution in [1.82, 2.24) is 4.90 Å². The third-order valence-electron chi connectivity index (χ3n) is 7.33. The van der Waals surface area contributed by atoms with E-state index in [0.29, 0.717) is 11.3 Å². The van der Waals surface area contributed by atoms with Crippen LogP contribution in [0.2, 0.25) is 0 Å². The van der Waals surface area contributed by atoms with E-state index in [2.05, 4.69) is 18.7 Å². The van der Waals surface area contributed by atoms with Crippen molar-refractivity contribution < 1.29 is 9.53 Å². The maximum absolute atomic E-state index is 12.6. The van der Waals surface area contributed by atoms with Gasteiger partial charge in [-0.2, -0.15) is 0 Å². The molecule has 4 rings (SSSR count). The molecule has 4 aliphatic rings. The van der Waals surface area contributed by atoms with E-state index in [4.69, 9.17) is 4.74 Å². The fraction of sp³-hybridized carbons (Fsp3) is 0.857.